The number of rotatable bonds is 3. The maximum atomic E-state index is 9.42. The highest BCUT2D eigenvalue weighted by molar-refractivity contribution is 7.99. The van der Waals surface area contributed by atoms with Crippen LogP contribution in [0.2, 0.25) is 0 Å². The number of hydrogen-bond donors (Lipinski definition) is 0. The summed E-state index contributed by atoms with van der Waals surface area (Å²) >= 11 is 3.15. The minimum Gasteiger partial charge on any atom is -0.306 e. The van der Waals surface area contributed by atoms with Crippen LogP contribution in [-0.4, -0.2) is 21.0 Å². The van der Waals surface area contributed by atoms with Crippen LogP contribution in [0.5, 0.6) is 0 Å². The van der Waals surface area contributed by atoms with E-state index in [9.17, 15) is 5.26 Å². The minimum atomic E-state index is 0.737. The summed E-state index contributed by atoms with van der Waals surface area (Å²) in [5.41, 5.74) is 0.737. The summed E-state index contributed by atoms with van der Waals surface area (Å²) in [6, 6.07) is 8.29. The average Bonchev–Trinajstić information content (AvgIpc) is 2.74. The van der Waals surface area contributed by atoms with E-state index < -0.39 is 0 Å². The van der Waals surface area contributed by atoms with Crippen molar-refractivity contribution in [1.82, 2.24) is 14.8 Å². The molecule has 3 rings (SSSR count). The largest absolute Gasteiger partial charge is 0.306 e. The Hall–Kier alpha value is -1.45. The minimum absolute atomic E-state index is 0.737. The molecule has 0 radical (unpaired) electrons. The van der Waals surface area contributed by atoms with Gasteiger partial charge in [0.25, 0.3) is 0 Å². The zero-order valence-electron chi connectivity index (χ0n) is 11.9. The van der Waals surface area contributed by atoms with Gasteiger partial charge in [-0.15, -0.1) is 22.0 Å². The van der Waals surface area contributed by atoms with Gasteiger partial charge in [0.05, 0.1) is 5.56 Å². The number of fused-ring (bicyclic) bond motifs is 1. The number of aromatic nitrogens is 3. The van der Waals surface area contributed by atoms with Crippen molar-refractivity contribution in [2.24, 2.45) is 0 Å². The molecule has 1 aliphatic rings. The molecule has 1 aliphatic heterocycles. The Morgan fingerprint density at radius 1 is 1.19 bits per heavy atom. The van der Waals surface area contributed by atoms with Gasteiger partial charge >= 0.3 is 0 Å². The first-order chi connectivity index (χ1) is 10.3. The van der Waals surface area contributed by atoms with Gasteiger partial charge in [-0.2, -0.15) is 5.26 Å². The van der Waals surface area contributed by atoms with Crippen LogP contribution >= 0.6 is 23.5 Å². The van der Waals surface area contributed by atoms with E-state index in [1.165, 1.54) is 19.3 Å². The zero-order valence-corrected chi connectivity index (χ0v) is 13.5. The number of benzene rings is 1. The lowest BCUT2D eigenvalue weighted by atomic mass is 10.2. The van der Waals surface area contributed by atoms with Gasteiger partial charge in [0, 0.05) is 22.8 Å². The molecule has 0 spiro atoms. The van der Waals surface area contributed by atoms with Crippen LogP contribution in [0.1, 0.15) is 30.7 Å². The van der Waals surface area contributed by atoms with Gasteiger partial charge in [-0.25, -0.2) is 0 Å². The van der Waals surface area contributed by atoms with Crippen molar-refractivity contribution in [3.8, 4) is 6.07 Å². The molecule has 0 aliphatic carbocycles. The molecule has 0 amide bonds. The predicted molar refractivity (Wildman–Crippen MR) is 84.6 cm³/mol. The Labute approximate surface area is 133 Å². The van der Waals surface area contributed by atoms with Gasteiger partial charge in [-0.3, -0.25) is 0 Å². The van der Waals surface area contributed by atoms with Crippen molar-refractivity contribution in [1.29, 1.82) is 5.26 Å². The summed E-state index contributed by atoms with van der Waals surface area (Å²) in [5, 5.41) is 19.0. The average molecular weight is 316 g/mol. The predicted octanol–water partition coefficient (Wildman–Crippen LogP) is 3.75. The second-order valence-corrected chi connectivity index (χ2v) is 6.77. The van der Waals surface area contributed by atoms with Crippen LogP contribution in [0.4, 0.5) is 0 Å². The van der Waals surface area contributed by atoms with E-state index in [4.69, 9.17) is 0 Å². The molecule has 0 N–H and O–H groups in total. The zero-order chi connectivity index (χ0) is 14.7. The third-order valence-corrected chi connectivity index (χ3v) is 5.42. The van der Waals surface area contributed by atoms with E-state index in [0.29, 0.717) is 0 Å². The summed E-state index contributed by atoms with van der Waals surface area (Å²) in [4.78, 5) is 1.97. The normalized spacial score (nSPS) is 14.3. The summed E-state index contributed by atoms with van der Waals surface area (Å²) in [6.45, 7) is 0.981. The van der Waals surface area contributed by atoms with Gasteiger partial charge in [-0.05, 0) is 43.0 Å². The van der Waals surface area contributed by atoms with Crippen molar-refractivity contribution in [3.05, 3.63) is 29.6 Å². The number of aryl methyl sites for hydroxylation is 1. The van der Waals surface area contributed by atoms with E-state index in [1.807, 2.05) is 24.5 Å². The first-order valence-corrected chi connectivity index (χ1v) is 9.04. The molecule has 108 valence electrons. The highest BCUT2D eigenvalue weighted by atomic mass is 32.2. The fourth-order valence-electron chi connectivity index (χ4n) is 2.51. The van der Waals surface area contributed by atoms with E-state index in [2.05, 4.69) is 20.8 Å². The van der Waals surface area contributed by atoms with E-state index in [1.54, 1.807) is 23.5 Å². The Morgan fingerprint density at radius 2 is 2.05 bits per heavy atom. The lowest BCUT2D eigenvalue weighted by Gasteiger charge is -2.09. The smallest absolute Gasteiger partial charge is 0.196 e. The fraction of sp³-hybridized carbons (Fsp3) is 0.400. The van der Waals surface area contributed by atoms with Crippen LogP contribution in [-0.2, 0) is 13.0 Å². The topological polar surface area (TPSA) is 54.5 Å². The molecule has 0 saturated carbocycles. The van der Waals surface area contributed by atoms with Gasteiger partial charge in [0.15, 0.2) is 5.16 Å². The quantitative estimate of drug-likeness (QED) is 0.807. The molecule has 21 heavy (non-hydrogen) atoms. The highest BCUT2D eigenvalue weighted by Gasteiger charge is 2.17. The maximum absolute atomic E-state index is 9.42. The lowest BCUT2D eigenvalue weighted by Crippen LogP contribution is -2.02. The van der Waals surface area contributed by atoms with Gasteiger partial charge in [-0.1, -0.05) is 12.5 Å². The van der Waals surface area contributed by atoms with E-state index in [-0.39, 0.29) is 0 Å². The molecular formula is C15H16N4S2. The molecule has 0 atom stereocenters. The monoisotopic (exact) mass is 316 g/mol. The van der Waals surface area contributed by atoms with Crippen molar-refractivity contribution >= 4 is 23.5 Å². The third kappa shape index (κ3) is 2.94. The Bertz CT molecular complexity index is 687. The molecule has 1 aromatic carbocycles. The molecular weight excluding hydrogens is 300 g/mol. The van der Waals surface area contributed by atoms with Crippen LogP contribution in [0, 0.1) is 11.3 Å². The van der Waals surface area contributed by atoms with Crippen molar-refractivity contribution in [2.75, 3.05) is 6.26 Å². The van der Waals surface area contributed by atoms with Crippen molar-refractivity contribution in [2.45, 2.75) is 47.2 Å². The third-order valence-electron chi connectivity index (χ3n) is 3.60. The van der Waals surface area contributed by atoms with E-state index in [0.717, 1.165) is 39.3 Å². The Morgan fingerprint density at radius 3 is 2.86 bits per heavy atom. The molecule has 6 heteroatoms. The molecule has 0 bridgehead atoms. The number of nitriles is 1. The fourth-order valence-corrected chi connectivity index (χ4v) is 4.14. The molecule has 0 unspecified atom stereocenters. The van der Waals surface area contributed by atoms with Crippen LogP contribution in [0.25, 0.3) is 0 Å². The van der Waals surface area contributed by atoms with Crippen molar-refractivity contribution in [3.63, 3.8) is 0 Å². The van der Waals surface area contributed by atoms with Crippen LogP contribution in [0.3, 0.4) is 0 Å². The molecule has 4 nitrogen and oxygen atoms in total. The SMILES string of the molecule is CSc1cccc(Sc2nnc3n2CCCCC3)c1C#N. The first kappa shape index (κ1) is 14.5. The molecule has 1 aromatic heterocycles. The first-order valence-electron chi connectivity index (χ1n) is 7.00. The molecule has 2 heterocycles. The van der Waals surface area contributed by atoms with Gasteiger partial charge in [0.2, 0.25) is 0 Å². The summed E-state index contributed by atoms with van der Waals surface area (Å²) < 4.78 is 2.21. The molecule has 0 fully saturated rings. The summed E-state index contributed by atoms with van der Waals surface area (Å²) in [7, 11) is 0. The lowest BCUT2D eigenvalue weighted by molar-refractivity contribution is 0.591. The van der Waals surface area contributed by atoms with E-state index >= 15 is 0 Å². The number of thioether (sulfide) groups is 1. The van der Waals surface area contributed by atoms with Crippen LogP contribution < -0.4 is 0 Å². The van der Waals surface area contributed by atoms with Crippen LogP contribution in [0.15, 0.2) is 33.1 Å². The second-order valence-electron chi connectivity index (χ2n) is 4.91. The molecule has 0 saturated heterocycles. The number of nitrogens with zero attached hydrogens (tertiary/aromatic N) is 4. The highest BCUT2D eigenvalue weighted by Crippen LogP contribution is 2.34. The summed E-state index contributed by atoms with van der Waals surface area (Å²) in [6.07, 6.45) is 6.61. The maximum Gasteiger partial charge on any atom is 0.196 e. The second kappa shape index (κ2) is 6.54. The summed E-state index contributed by atoms with van der Waals surface area (Å²) in [5.74, 6) is 1.08. The van der Waals surface area contributed by atoms with Gasteiger partial charge in [0.1, 0.15) is 11.9 Å². The van der Waals surface area contributed by atoms with Gasteiger partial charge < -0.3 is 4.57 Å². The number of hydrogen-bond acceptors (Lipinski definition) is 5. The Kier molecular flexibility index (Phi) is 4.51. The van der Waals surface area contributed by atoms with Crippen molar-refractivity contribution < 1.29 is 0 Å². The standard InChI is InChI=1S/C15H16N4S2/c1-20-12-6-5-7-13(11(12)10-16)21-15-18-17-14-8-3-2-4-9-19(14)15/h5-7H,2-4,8-9H2,1H3. The Balaban J connectivity index is 1.95. The molecule has 2 aromatic rings.